The average Bonchev–Trinajstić information content (AvgIpc) is 3.15. The Balaban J connectivity index is 1.92. The molecule has 1 aliphatic carbocycles. The summed E-state index contributed by atoms with van der Waals surface area (Å²) in [5, 5.41) is 0. The molecule has 3 heteroatoms. The SMILES string of the molecule is CC1(C)CC1c1cccnc1[C@@H](N)c1ccc(CF)cc1. The molecule has 1 fully saturated rings. The van der Waals surface area contributed by atoms with Crippen molar-refractivity contribution in [2.24, 2.45) is 11.1 Å². The summed E-state index contributed by atoms with van der Waals surface area (Å²) >= 11 is 0. The van der Waals surface area contributed by atoms with Crippen LogP contribution in [0.3, 0.4) is 0 Å². The van der Waals surface area contributed by atoms with Crippen LogP contribution in [0.4, 0.5) is 4.39 Å². The van der Waals surface area contributed by atoms with Crippen molar-refractivity contribution in [3.05, 3.63) is 65.0 Å². The number of hydrogen-bond acceptors (Lipinski definition) is 2. The van der Waals surface area contributed by atoms with E-state index in [9.17, 15) is 4.39 Å². The van der Waals surface area contributed by atoms with Crippen molar-refractivity contribution in [2.45, 2.75) is 38.9 Å². The highest BCUT2D eigenvalue weighted by Gasteiger charge is 2.47. The maximum Gasteiger partial charge on any atom is 0.115 e. The number of aromatic nitrogens is 1. The fraction of sp³-hybridized carbons (Fsp3) is 0.389. The molecule has 1 heterocycles. The molecule has 2 N–H and O–H groups in total. The van der Waals surface area contributed by atoms with Crippen molar-refractivity contribution in [3.63, 3.8) is 0 Å². The van der Waals surface area contributed by atoms with Crippen molar-refractivity contribution >= 4 is 0 Å². The lowest BCUT2D eigenvalue weighted by molar-refractivity contribution is 0.485. The Morgan fingerprint density at radius 3 is 2.52 bits per heavy atom. The quantitative estimate of drug-likeness (QED) is 0.917. The third kappa shape index (κ3) is 2.70. The van der Waals surface area contributed by atoms with Crippen LogP contribution in [0.25, 0.3) is 0 Å². The molecule has 0 spiro atoms. The Kier molecular flexibility index (Phi) is 3.54. The fourth-order valence-electron chi connectivity index (χ4n) is 2.95. The largest absolute Gasteiger partial charge is 0.319 e. The number of nitrogens with zero attached hydrogens (tertiary/aromatic N) is 1. The van der Waals surface area contributed by atoms with Gasteiger partial charge in [-0.1, -0.05) is 44.2 Å². The summed E-state index contributed by atoms with van der Waals surface area (Å²) in [5.74, 6) is 0.539. The van der Waals surface area contributed by atoms with E-state index in [1.807, 2.05) is 18.2 Å². The molecule has 1 aromatic heterocycles. The highest BCUT2D eigenvalue weighted by atomic mass is 19.1. The van der Waals surface area contributed by atoms with Gasteiger partial charge in [-0.15, -0.1) is 0 Å². The van der Waals surface area contributed by atoms with E-state index in [0.29, 0.717) is 16.9 Å². The van der Waals surface area contributed by atoms with Crippen molar-refractivity contribution in [3.8, 4) is 0 Å². The minimum Gasteiger partial charge on any atom is -0.319 e. The van der Waals surface area contributed by atoms with Gasteiger partial charge in [-0.2, -0.15) is 0 Å². The van der Waals surface area contributed by atoms with Crippen molar-refractivity contribution < 1.29 is 4.39 Å². The third-order valence-corrected chi connectivity index (χ3v) is 4.55. The molecule has 0 bridgehead atoms. The molecule has 110 valence electrons. The summed E-state index contributed by atoms with van der Waals surface area (Å²) in [6.07, 6.45) is 2.98. The lowest BCUT2D eigenvalue weighted by Crippen LogP contribution is -2.16. The second-order valence-corrected chi connectivity index (χ2v) is 6.58. The minimum absolute atomic E-state index is 0.258. The van der Waals surface area contributed by atoms with Gasteiger partial charge in [0.15, 0.2) is 0 Å². The van der Waals surface area contributed by atoms with Crippen LogP contribution in [-0.2, 0) is 6.67 Å². The summed E-state index contributed by atoms with van der Waals surface area (Å²) in [7, 11) is 0. The number of halogens is 1. The van der Waals surface area contributed by atoms with Gasteiger partial charge in [0.05, 0.1) is 11.7 Å². The van der Waals surface area contributed by atoms with Crippen LogP contribution in [0, 0.1) is 5.41 Å². The number of nitrogens with two attached hydrogens (primary N) is 1. The number of benzene rings is 1. The summed E-state index contributed by atoms with van der Waals surface area (Å²) in [6.45, 7) is 4.10. The molecule has 0 aliphatic heterocycles. The number of hydrogen-bond donors (Lipinski definition) is 1. The normalized spacial score (nSPS) is 21.0. The van der Waals surface area contributed by atoms with Gasteiger partial charge in [0.1, 0.15) is 6.67 Å². The first kappa shape index (κ1) is 14.2. The first-order valence-electron chi connectivity index (χ1n) is 7.38. The van der Waals surface area contributed by atoms with E-state index in [-0.39, 0.29) is 6.04 Å². The van der Waals surface area contributed by atoms with Crippen LogP contribution in [0.2, 0.25) is 0 Å². The molecule has 0 amide bonds. The summed E-state index contributed by atoms with van der Waals surface area (Å²) in [4.78, 5) is 4.53. The molecule has 1 aliphatic rings. The molecule has 0 saturated heterocycles. The lowest BCUT2D eigenvalue weighted by atomic mass is 9.94. The zero-order valence-corrected chi connectivity index (χ0v) is 12.5. The van der Waals surface area contributed by atoms with Gasteiger partial charge in [0.25, 0.3) is 0 Å². The molecule has 2 nitrogen and oxygen atoms in total. The van der Waals surface area contributed by atoms with Crippen LogP contribution in [0.5, 0.6) is 0 Å². The van der Waals surface area contributed by atoms with Gasteiger partial charge in [-0.25, -0.2) is 4.39 Å². The van der Waals surface area contributed by atoms with Crippen LogP contribution in [0.1, 0.15) is 54.6 Å². The zero-order valence-electron chi connectivity index (χ0n) is 12.5. The van der Waals surface area contributed by atoms with Crippen LogP contribution in [0.15, 0.2) is 42.6 Å². The van der Waals surface area contributed by atoms with Gasteiger partial charge in [-0.3, -0.25) is 4.98 Å². The Labute approximate surface area is 125 Å². The second-order valence-electron chi connectivity index (χ2n) is 6.58. The Morgan fingerprint density at radius 2 is 1.95 bits per heavy atom. The number of alkyl halides is 1. The van der Waals surface area contributed by atoms with Crippen molar-refractivity contribution in [1.82, 2.24) is 4.98 Å². The number of rotatable bonds is 4. The smallest absolute Gasteiger partial charge is 0.115 e. The van der Waals surface area contributed by atoms with E-state index in [1.165, 1.54) is 12.0 Å². The molecule has 1 unspecified atom stereocenters. The molecule has 0 radical (unpaired) electrons. The highest BCUT2D eigenvalue weighted by molar-refractivity contribution is 5.39. The van der Waals surface area contributed by atoms with Crippen molar-refractivity contribution in [2.75, 3.05) is 0 Å². The van der Waals surface area contributed by atoms with Crippen molar-refractivity contribution in [1.29, 1.82) is 0 Å². The molecule has 2 atom stereocenters. The lowest BCUT2D eigenvalue weighted by Gasteiger charge is -2.17. The van der Waals surface area contributed by atoms with E-state index >= 15 is 0 Å². The summed E-state index contributed by atoms with van der Waals surface area (Å²) in [6, 6.07) is 11.2. The molecule has 1 saturated carbocycles. The minimum atomic E-state index is -0.444. The first-order valence-corrected chi connectivity index (χ1v) is 7.38. The summed E-state index contributed by atoms with van der Waals surface area (Å²) in [5.41, 5.74) is 10.6. The van der Waals surface area contributed by atoms with E-state index in [4.69, 9.17) is 5.73 Å². The van der Waals surface area contributed by atoms with Gasteiger partial charge in [-0.05, 0) is 40.5 Å². The second kappa shape index (κ2) is 5.23. The zero-order chi connectivity index (χ0) is 15.0. The fourth-order valence-corrected chi connectivity index (χ4v) is 2.95. The van der Waals surface area contributed by atoms with Gasteiger partial charge in [0, 0.05) is 6.20 Å². The van der Waals surface area contributed by atoms with Crippen LogP contribution < -0.4 is 5.73 Å². The third-order valence-electron chi connectivity index (χ3n) is 4.55. The molecule has 3 rings (SSSR count). The molecular formula is C18H21FN2. The maximum absolute atomic E-state index is 12.6. The van der Waals surface area contributed by atoms with E-state index in [1.54, 1.807) is 18.3 Å². The van der Waals surface area contributed by atoms with Crippen LogP contribution in [-0.4, -0.2) is 4.98 Å². The van der Waals surface area contributed by atoms with E-state index in [0.717, 1.165) is 11.3 Å². The Bertz CT molecular complexity index is 634. The standard InChI is InChI=1S/C18H21FN2/c1-18(2)10-15(18)14-4-3-9-21-17(14)16(20)13-7-5-12(11-19)6-8-13/h3-9,15-16H,10-11,20H2,1-2H3/t15?,16-/m0/s1. The van der Waals surface area contributed by atoms with Gasteiger partial charge < -0.3 is 5.73 Å². The topological polar surface area (TPSA) is 38.9 Å². The highest BCUT2D eigenvalue weighted by Crippen LogP contribution is 2.59. The van der Waals surface area contributed by atoms with E-state index < -0.39 is 6.67 Å². The predicted molar refractivity (Wildman–Crippen MR) is 82.7 cm³/mol. The molecule has 1 aromatic carbocycles. The molecule has 21 heavy (non-hydrogen) atoms. The first-order chi connectivity index (χ1) is 10.0. The monoisotopic (exact) mass is 284 g/mol. The number of pyridine rings is 1. The summed E-state index contributed by atoms with van der Waals surface area (Å²) < 4.78 is 12.6. The van der Waals surface area contributed by atoms with Gasteiger partial charge >= 0.3 is 0 Å². The van der Waals surface area contributed by atoms with E-state index in [2.05, 4.69) is 24.9 Å². The predicted octanol–water partition coefficient (Wildman–Crippen LogP) is 4.11. The maximum atomic E-state index is 12.6. The molecular weight excluding hydrogens is 263 g/mol. The Morgan fingerprint density at radius 1 is 1.29 bits per heavy atom. The van der Waals surface area contributed by atoms with Gasteiger partial charge in [0.2, 0.25) is 0 Å². The van der Waals surface area contributed by atoms with Crippen LogP contribution >= 0.6 is 0 Å². The Hall–Kier alpha value is -1.74. The molecule has 2 aromatic rings. The average molecular weight is 284 g/mol.